The third kappa shape index (κ3) is 3.09. The Hall–Kier alpha value is -1.85. The first kappa shape index (κ1) is 15.5. The summed E-state index contributed by atoms with van der Waals surface area (Å²) in [6.45, 7) is 3.98. The van der Waals surface area contributed by atoms with Gasteiger partial charge in [0.15, 0.2) is 0 Å². The fourth-order valence-corrected chi connectivity index (χ4v) is 3.78. The first-order chi connectivity index (χ1) is 9.84. The molecule has 0 saturated carbocycles. The third-order valence-electron chi connectivity index (χ3n) is 3.62. The third-order valence-corrected chi connectivity index (χ3v) is 5.63. The molecule has 21 heavy (non-hydrogen) atoms. The summed E-state index contributed by atoms with van der Waals surface area (Å²) in [5.41, 5.74) is 8.75. The summed E-state index contributed by atoms with van der Waals surface area (Å²) in [6.07, 6.45) is 0. The number of hydrogen-bond acceptors (Lipinski definition) is 3. The minimum absolute atomic E-state index is 0.209. The van der Waals surface area contributed by atoms with E-state index in [9.17, 15) is 8.42 Å². The maximum atomic E-state index is 12.8. The molecule has 0 amide bonds. The molecule has 2 aromatic rings. The summed E-state index contributed by atoms with van der Waals surface area (Å²) in [7, 11) is -2.04. The van der Waals surface area contributed by atoms with E-state index in [-0.39, 0.29) is 10.6 Å². The van der Waals surface area contributed by atoms with Crippen LogP contribution in [0.3, 0.4) is 0 Å². The highest BCUT2D eigenvalue weighted by Gasteiger charge is 2.26. The van der Waals surface area contributed by atoms with Crippen molar-refractivity contribution in [3.05, 3.63) is 59.2 Å². The van der Waals surface area contributed by atoms with Gasteiger partial charge in [-0.15, -0.1) is 0 Å². The number of anilines is 1. The summed E-state index contributed by atoms with van der Waals surface area (Å²) >= 11 is 0. The fourth-order valence-electron chi connectivity index (χ4n) is 2.23. The van der Waals surface area contributed by atoms with Gasteiger partial charge in [0.2, 0.25) is 10.0 Å². The van der Waals surface area contributed by atoms with Crippen LogP contribution in [0.5, 0.6) is 0 Å². The topological polar surface area (TPSA) is 63.4 Å². The molecule has 0 aliphatic rings. The van der Waals surface area contributed by atoms with Crippen LogP contribution in [0, 0.1) is 13.8 Å². The lowest BCUT2D eigenvalue weighted by molar-refractivity contribution is 0.466. The largest absolute Gasteiger partial charge is 0.398 e. The second-order valence-electron chi connectivity index (χ2n) is 5.17. The molecule has 0 unspecified atom stereocenters. The maximum Gasteiger partial charge on any atom is 0.245 e. The Morgan fingerprint density at radius 3 is 2.29 bits per heavy atom. The van der Waals surface area contributed by atoms with E-state index in [2.05, 4.69) is 0 Å². The Bertz CT molecular complexity index is 740. The minimum atomic E-state index is -3.61. The second-order valence-corrected chi connectivity index (χ2v) is 7.15. The Morgan fingerprint density at radius 2 is 1.67 bits per heavy atom. The summed E-state index contributed by atoms with van der Waals surface area (Å²) in [5, 5.41) is 0. The number of hydrogen-bond donors (Lipinski definition) is 1. The van der Waals surface area contributed by atoms with E-state index in [1.165, 1.54) is 4.31 Å². The highest BCUT2D eigenvalue weighted by Crippen LogP contribution is 2.28. The van der Waals surface area contributed by atoms with Crippen LogP contribution in [-0.2, 0) is 16.6 Å². The molecule has 0 saturated heterocycles. The lowest BCUT2D eigenvalue weighted by Gasteiger charge is -2.20. The lowest BCUT2D eigenvalue weighted by Crippen LogP contribution is -2.28. The van der Waals surface area contributed by atoms with E-state index >= 15 is 0 Å². The van der Waals surface area contributed by atoms with Gasteiger partial charge in [-0.3, -0.25) is 0 Å². The maximum absolute atomic E-state index is 12.8. The smallest absolute Gasteiger partial charge is 0.245 e. The van der Waals surface area contributed by atoms with E-state index in [1.807, 2.05) is 43.3 Å². The molecule has 0 heterocycles. The van der Waals surface area contributed by atoms with Crippen LogP contribution in [0.25, 0.3) is 0 Å². The van der Waals surface area contributed by atoms with Crippen LogP contribution in [0.4, 0.5) is 5.69 Å². The molecule has 4 nitrogen and oxygen atoms in total. The van der Waals surface area contributed by atoms with Crippen molar-refractivity contribution in [3.8, 4) is 0 Å². The lowest BCUT2D eigenvalue weighted by atomic mass is 10.1. The standard InChI is InChI=1S/C16H20N2O2S/c1-12-9-10-15(17)16(13(12)2)21(19,20)18(3)11-14-7-5-4-6-8-14/h4-10H,11,17H2,1-3H3. The van der Waals surface area contributed by atoms with Crippen molar-refractivity contribution < 1.29 is 8.42 Å². The zero-order chi connectivity index (χ0) is 15.6. The number of benzene rings is 2. The summed E-state index contributed by atoms with van der Waals surface area (Å²) in [4.78, 5) is 0.209. The summed E-state index contributed by atoms with van der Waals surface area (Å²) in [5.74, 6) is 0. The van der Waals surface area contributed by atoms with Crippen LogP contribution in [0.2, 0.25) is 0 Å². The van der Waals surface area contributed by atoms with Crippen LogP contribution >= 0.6 is 0 Å². The van der Waals surface area contributed by atoms with Gasteiger partial charge in [0, 0.05) is 13.6 Å². The van der Waals surface area contributed by atoms with Gasteiger partial charge in [-0.25, -0.2) is 8.42 Å². The van der Waals surface area contributed by atoms with Gasteiger partial charge in [0.25, 0.3) is 0 Å². The molecule has 0 atom stereocenters. The van der Waals surface area contributed by atoms with Crippen molar-refractivity contribution in [1.29, 1.82) is 0 Å². The van der Waals surface area contributed by atoms with Crippen molar-refractivity contribution in [3.63, 3.8) is 0 Å². The van der Waals surface area contributed by atoms with Crippen LogP contribution in [-0.4, -0.2) is 19.8 Å². The van der Waals surface area contributed by atoms with Crippen LogP contribution < -0.4 is 5.73 Å². The van der Waals surface area contributed by atoms with Gasteiger partial charge in [0.1, 0.15) is 4.90 Å². The first-order valence-corrected chi connectivity index (χ1v) is 8.14. The molecular weight excluding hydrogens is 284 g/mol. The Morgan fingerprint density at radius 1 is 1.05 bits per heavy atom. The van der Waals surface area contributed by atoms with Crippen molar-refractivity contribution >= 4 is 15.7 Å². The van der Waals surface area contributed by atoms with Gasteiger partial charge in [0.05, 0.1) is 5.69 Å². The number of nitrogens with two attached hydrogens (primary N) is 1. The van der Waals surface area contributed by atoms with Gasteiger partial charge in [-0.1, -0.05) is 36.4 Å². The fraction of sp³-hybridized carbons (Fsp3) is 0.250. The van der Waals surface area contributed by atoms with Crippen molar-refractivity contribution in [1.82, 2.24) is 4.31 Å². The molecule has 2 rings (SSSR count). The SMILES string of the molecule is Cc1ccc(N)c(S(=O)(=O)N(C)Cc2ccccc2)c1C. The Kier molecular flexibility index (Phi) is 4.34. The highest BCUT2D eigenvalue weighted by atomic mass is 32.2. The van der Waals surface area contributed by atoms with Gasteiger partial charge in [-0.2, -0.15) is 4.31 Å². The Balaban J connectivity index is 2.41. The zero-order valence-electron chi connectivity index (χ0n) is 12.5. The van der Waals surface area contributed by atoms with Crippen LogP contribution in [0.1, 0.15) is 16.7 Å². The quantitative estimate of drug-likeness (QED) is 0.883. The molecular formula is C16H20N2O2S. The molecule has 0 fully saturated rings. The second kappa shape index (κ2) is 5.87. The average molecular weight is 304 g/mol. The summed E-state index contributed by atoms with van der Waals surface area (Å²) in [6, 6.07) is 13.0. The highest BCUT2D eigenvalue weighted by molar-refractivity contribution is 7.89. The molecule has 112 valence electrons. The molecule has 0 radical (unpaired) electrons. The molecule has 5 heteroatoms. The predicted octanol–water partition coefficient (Wildman–Crippen LogP) is 2.71. The van der Waals surface area contributed by atoms with Crippen molar-refractivity contribution in [2.45, 2.75) is 25.3 Å². The van der Waals surface area contributed by atoms with Crippen molar-refractivity contribution in [2.24, 2.45) is 0 Å². The van der Waals surface area contributed by atoms with Gasteiger partial charge in [-0.05, 0) is 36.6 Å². The molecule has 0 aromatic heterocycles. The average Bonchev–Trinajstić information content (AvgIpc) is 2.44. The molecule has 0 aliphatic heterocycles. The number of sulfonamides is 1. The van der Waals surface area contributed by atoms with Gasteiger partial charge < -0.3 is 5.73 Å². The molecule has 2 N–H and O–H groups in total. The number of rotatable bonds is 4. The van der Waals surface area contributed by atoms with Crippen molar-refractivity contribution in [2.75, 3.05) is 12.8 Å². The van der Waals surface area contributed by atoms with Crippen LogP contribution in [0.15, 0.2) is 47.4 Å². The van der Waals surface area contributed by atoms with E-state index in [0.717, 1.165) is 11.1 Å². The molecule has 0 bridgehead atoms. The van der Waals surface area contributed by atoms with E-state index in [0.29, 0.717) is 12.1 Å². The summed E-state index contributed by atoms with van der Waals surface area (Å²) < 4.78 is 26.9. The van der Waals surface area contributed by atoms with Gasteiger partial charge >= 0.3 is 0 Å². The first-order valence-electron chi connectivity index (χ1n) is 6.70. The number of nitrogen functional groups attached to an aromatic ring is 1. The van der Waals surface area contributed by atoms with E-state index < -0.39 is 10.0 Å². The molecule has 2 aromatic carbocycles. The van der Waals surface area contributed by atoms with E-state index in [1.54, 1.807) is 20.0 Å². The minimum Gasteiger partial charge on any atom is -0.398 e. The molecule has 0 spiro atoms. The predicted molar refractivity (Wildman–Crippen MR) is 85.4 cm³/mol. The monoisotopic (exact) mass is 304 g/mol. The number of aryl methyl sites for hydroxylation is 1. The van der Waals surface area contributed by atoms with E-state index in [4.69, 9.17) is 5.73 Å². The molecule has 0 aliphatic carbocycles. The normalized spacial score (nSPS) is 11.8. The number of nitrogens with zero attached hydrogens (tertiary/aromatic N) is 1. The Labute approximate surface area is 126 Å². The zero-order valence-corrected chi connectivity index (χ0v) is 13.3.